The van der Waals surface area contributed by atoms with Gasteiger partial charge in [0.15, 0.2) is 0 Å². The first-order chi connectivity index (χ1) is 15.1. The molecule has 1 nitrogen and oxygen atoms in total. The van der Waals surface area contributed by atoms with Gasteiger partial charge in [-0.25, -0.2) is 0 Å². The summed E-state index contributed by atoms with van der Waals surface area (Å²) in [6, 6.07) is 18.0. The van der Waals surface area contributed by atoms with Gasteiger partial charge in [-0.1, -0.05) is 100 Å². The summed E-state index contributed by atoms with van der Waals surface area (Å²) in [5.41, 5.74) is 8.58. The number of benzene rings is 2. The van der Waals surface area contributed by atoms with Crippen LogP contribution in [0.5, 0.6) is 0 Å². The molecule has 166 valence electrons. The van der Waals surface area contributed by atoms with E-state index in [4.69, 9.17) is 0 Å². The quantitative estimate of drug-likeness (QED) is 0.267. The smallest absolute Gasteiger partial charge is 0.0281 e. The highest BCUT2D eigenvalue weighted by atomic mass is 15.1. The molecule has 0 N–H and O–H groups in total. The van der Waals surface area contributed by atoms with Crippen molar-refractivity contribution in [3.63, 3.8) is 0 Å². The van der Waals surface area contributed by atoms with Gasteiger partial charge in [-0.3, -0.25) is 0 Å². The molecule has 0 spiro atoms. The van der Waals surface area contributed by atoms with E-state index in [2.05, 4.69) is 80.4 Å². The number of allylic oxidation sites excluding steroid dienone is 1. The molecule has 1 saturated heterocycles. The van der Waals surface area contributed by atoms with Crippen molar-refractivity contribution in [1.82, 2.24) is 4.90 Å². The van der Waals surface area contributed by atoms with Crippen LogP contribution in [0.1, 0.15) is 80.5 Å². The molecule has 1 heterocycles. The fraction of sp³-hybridized carbons (Fsp3) is 0.467. The van der Waals surface area contributed by atoms with Crippen LogP contribution in [-0.4, -0.2) is 18.0 Å². The predicted molar refractivity (Wildman–Crippen MR) is 136 cm³/mol. The minimum absolute atomic E-state index is 0.419. The number of aryl methyl sites for hydroxylation is 3. The first kappa shape index (κ1) is 23.4. The van der Waals surface area contributed by atoms with E-state index in [9.17, 15) is 0 Å². The molecule has 1 fully saturated rings. The molecule has 0 aliphatic carbocycles. The van der Waals surface area contributed by atoms with E-state index in [1.54, 1.807) is 5.56 Å². The van der Waals surface area contributed by atoms with Gasteiger partial charge in [-0.15, -0.1) is 0 Å². The molecule has 0 bridgehead atoms. The fourth-order valence-corrected chi connectivity index (χ4v) is 4.80. The highest BCUT2D eigenvalue weighted by Gasteiger charge is 2.25. The molecule has 0 radical (unpaired) electrons. The predicted octanol–water partition coefficient (Wildman–Crippen LogP) is 7.86. The Balaban J connectivity index is 1.66. The van der Waals surface area contributed by atoms with Crippen LogP contribution in [0, 0.1) is 0 Å². The Kier molecular flexibility index (Phi) is 9.00. The van der Waals surface area contributed by atoms with Crippen molar-refractivity contribution in [1.29, 1.82) is 0 Å². The van der Waals surface area contributed by atoms with Crippen LogP contribution in [0.3, 0.4) is 0 Å². The lowest BCUT2D eigenvalue weighted by Crippen LogP contribution is -2.34. The average molecular weight is 416 g/mol. The third kappa shape index (κ3) is 6.60. The summed E-state index contributed by atoms with van der Waals surface area (Å²) >= 11 is 0. The minimum atomic E-state index is 0.419. The molecule has 1 atom stereocenters. The third-order valence-corrected chi connectivity index (χ3v) is 6.90. The lowest BCUT2D eigenvalue weighted by atomic mass is 9.84. The van der Waals surface area contributed by atoms with Crippen LogP contribution in [0.15, 0.2) is 73.0 Å². The summed E-state index contributed by atoms with van der Waals surface area (Å²) in [7, 11) is 0. The zero-order chi connectivity index (χ0) is 22.1. The van der Waals surface area contributed by atoms with Crippen molar-refractivity contribution >= 4 is 0 Å². The maximum atomic E-state index is 4.46. The zero-order valence-corrected chi connectivity index (χ0v) is 19.8. The lowest BCUT2D eigenvalue weighted by molar-refractivity contribution is 0.292. The van der Waals surface area contributed by atoms with Gasteiger partial charge in [-0.2, -0.15) is 0 Å². The number of unbranched alkanes of at least 4 members (excludes halogenated alkanes) is 3. The Labute approximate surface area is 190 Å². The molecule has 3 rings (SSSR count). The summed E-state index contributed by atoms with van der Waals surface area (Å²) in [5, 5.41) is 0. The van der Waals surface area contributed by atoms with E-state index in [1.807, 2.05) is 0 Å². The molecule has 2 aromatic carbocycles. The van der Waals surface area contributed by atoms with Gasteiger partial charge in [-0.05, 0) is 60.8 Å². The van der Waals surface area contributed by atoms with E-state index in [1.165, 1.54) is 60.1 Å². The van der Waals surface area contributed by atoms with Gasteiger partial charge in [0, 0.05) is 24.7 Å². The number of hydrogen-bond donors (Lipinski definition) is 0. The number of piperidine rings is 1. The van der Waals surface area contributed by atoms with Gasteiger partial charge < -0.3 is 4.90 Å². The Morgan fingerprint density at radius 2 is 1.77 bits per heavy atom. The third-order valence-electron chi connectivity index (χ3n) is 6.90. The van der Waals surface area contributed by atoms with Gasteiger partial charge >= 0.3 is 0 Å². The summed E-state index contributed by atoms with van der Waals surface area (Å²) < 4.78 is 0. The number of hydrogen-bond acceptors (Lipinski definition) is 1. The highest BCUT2D eigenvalue weighted by Crippen LogP contribution is 2.34. The topological polar surface area (TPSA) is 3.24 Å². The van der Waals surface area contributed by atoms with Crippen molar-refractivity contribution in [3.05, 3.63) is 95.2 Å². The van der Waals surface area contributed by atoms with Crippen molar-refractivity contribution < 1.29 is 0 Å². The number of likely N-dealkylation sites (tertiary alicyclic amines) is 1. The maximum Gasteiger partial charge on any atom is 0.0281 e. The van der Waals surface area contributed by atoms with Crippen molar-refractivity contribution in [3.8, 4) is 0 Å². The van der Waals surface area contributed by atoms with E-state index in [0.717, 1.165) is 38.8 Å². The normalized spacial score (nSPS) is 16.5. The molecular formula is C30H41N. The fourth-order valence-electron chi connectivity index (χ4n) is 4.80. The van der Waals surface area contributed by atoms with Crippen molar-refractivity contribution in [2.24, 2.45) is 0 Å². The second-order valence-electron chi connectivity index (χ2n) is 9.15. The van der Waals surface area contributed by atoms with Gasteiger partial charge in [0.2, 0.25) is 0 Å². The zero-order valence-electron chi connectivity index (χ0n) is 19.8. The molecule has 31 heavy (non-hydrogen) atoms. The van der Waals surface area contributed by atoms with Crippen molar-refractivity contribution in [2.45, 2.75) is 77.6 Å². The van der Waals surface area contributed by atoms with Crippen LogP contribution in [-0.2, 0) is 19.3 Å². The molecule has 0 amide bonds. The second kappa shape index (κ2) is 11.9. The first-order valence-electron chi connectivity index (χ1n) is 12.4. The van der Waals surface area contributed by atoms with E-state index < -0.39 is 0 Å². The van der Waals surface area contributed by atoms with Crippen LogP contribution in [0.4, 0.5) is 0 Å². The number of rotatable bonds is 11. The van der Waals surface area contributed by atoms with Crippen LogP contribution >= 0.6 is 0 Å². The summed E-state index contributed by atoms with van der Waals surface area (Å²) in [6.45, 7) is 15.5. The molecule has 0 saturated carbocycles. The monoisotopic (exact) mass is 415 g/mol. The Bertz CT molecular complexity index is 848. The molecule has 0 aromatic heterocycles. The van der Waals surface area contributed by atoms with Gasteiger partial charge in [0.1, 0.15) is 0 Å². The SMILES string of the molecule is C=C1CCN(C(=C)CCc2ccccc2)CC1c1ccc(CC)c(CCCCCC)c1. The molecular weight excluding hydrogens is 374 g/mol. The molecule has 2 aromatic rings. The standard InChI is InChI=1S/C30H41N/c1-5-7-8-12-15-28-22-29(19-18-27(28)6-2)30-23-31(21-20-24(30)3)25(4)16-17-26-13-10-9-11-14-26/h9-11,13-14,18-19,22,30H,3-8,12,15-17,20-21,23H2,1-2H3. The molecule has 1 unspecified atom stereocenters. The summed E-state index contributed by atoms with van der Waals surface area (Å²) in [6.07, 6.45) is 10.8. The molecule has 1 aliphatic heterocycles. The van der Waals surface area contributed by atoms with Gasteiger partial charge in [0.05, 0.1) is 0 Å². The maximum absolute atomic E-state index is 4.46. The van der Waals surface area contributed by atoms with E-state index in [0.29, 0.717) is 5.92 Å². The molecule has 1 aliphatic rings. The van der Waals surface area contributed by atoms with E-state index in [-0.39, 0.29) is 0 Å². The minimum Gasteiger partial charge on any atom is -0.374 e. The number of nitrogens with zero attached hydrogens (tertiary/aromatic N) is 1. The van der Waals surface area contributed by atoms with E-state index >= 15 is 0 Å². The van der Waals surface area contributed by atoms with Crippen molar-refractivity contribution in [2.75, 3.05) is 13.1 Å². The van der Waals surface area contributed by atoms with Crippen LogP contribution < -0.4 is 0 Å². The Morgan fingerprint density at radius 1 is 0.968 bits per heavy atom. The highest BCUT2D eigenvalue weighted by molar-refractivity contribution is 5.38. The largest absolute Gasteiger partial charge is 0.374 e. The van der Waals surface area contributed by atoms with Crippen LogP contribution in [0.25, 0.3) is 0 Å². The molecule has 1 heteroatoms. The summed E-state index contributed by atoms with van der Waals surface area (Å²) in [5.74, 6) is 0.419. The van der Waals surface area contributed by atoms with Crippen LogP contribution in [0.2, 0.25) is 0 Å². The van der Waals surface area contributed by atoms with Gasteiger partial charge in [0.25, 0.3) is 0 Å². The second-order valence-corrected chi connectivity index (χ2v) is 9.15. The summed E-state index contributed by atoms with van der Waals surface area (Å²) in [4.78, 5) is 2.51. The Morgan fingerprint density at radius 3 is 2.52 bits per heavy atom. The first-order valence-corrected chi connectivity index (χ1v) is 12.4. The lowest BCUT2D eigenvalue weighted by Gasteiger charge is -2.37. The average Bonchev–Trinajstić information content (AvgIpc) is 2.81. The Hall–Kier alpha value is -2.28.